The van der Waals surface area contributed by atoms with Crippen molar-refractivity contribution in [3.05, 3.63) is 48.0 Å². The van der Waals surface area contributed by atoms with Crippen molar-refractivity contribution in [3.63, 3.8) is 0 Å². The minimum absolute atomic E-state index is 0. The van der Waals surface area contributed by atoms with Crippen molar-refractivity contribution in [2.24, 2.45) is 4.99 Å². The minimum atomic E-state index is 0. The van der Waals surface area contributed by atoms with Gasteiger partial charge in [-0.15, -0.1) is 24.0 Å². The second kappa shape index (κ2) is 11.0. The summed E-state index contributed by atoms with van der Waals surface area (Å²) in [4.78, 5) is 22.2. The molecule has 3 rings (SSSR count). The smallest absolute Gasteiger partial charge is 0.225 e. The lowest BCUT2D eigenvalue weighted by Gasteiger charge is -2.36. The fourth-order valence-corrected chi connectivity index (χ4v) is 3.06. The number of hydrogen-bond acceptors (Lipinski definition) is 5. The first kappa shape index (κ1) is 21.3. The zero-order valence-corrected chi connectivity index (χ0v) is 18.3. The minimum Gasteiger partial charge on any atom is -0.357 e. The quantitative estimate of drug-likeness (QED) is 0.401. The monoisotopic (exact) mass is 481 g/mol. The molecule has 0 saturated carbocycles. The summed E-state index contributed by atoms with van der Waals surface area (Å²) in [5, 5.41) is 3.42. The molecule has 8 heteroatoms. The van der Waals surface area contributed by atoms with E-state index in [0.717, 1.165) is 57.6 Å². The molecule has 146 valence electrons. The van der Waals surface area contributed by atoms with Gasteiger partial charge in [0.05, 0.1) is 0 Å². The van der Waals surface area contributed by atoms with Crippen LogP contribution in [0.1, 0.15) is 18.1 Å². The first-order valence-corrected chi connectivity index (χ1v) is 9.22. The van der Waals surface area contributed by atoms with E-state index >= 15 is 0 Å². The number of piperazine rings is 1. The maximum atomic E-state index is 4.83. The molecule has 0 spiro atoms. The largest absolute Gasteiger partial charge is 0.357 e. The molecule has 1 aliphatic rings. The van der Waals surface area contributed by atoms with Crippen LogP contribution in [-0.4, -0.2) is 65.1 Å². The summed E-state index contributed by atoms with van der Waals surface area (Å²) in [5.74, 6) is 1.80. The fraction of sp³-hybridized carbons (Fsp3) is 0.474. The van der Waals surface area contributed by atoms with Crippen molar-refractivity contribution < 1.29 is 0 Å². The molecular formula is C19H28IN7. The number of pyridine rings is 1. The molecule has 0 bridgehead atoms. The van der Waals surface area contributed by atoms with Crippen LogP contribution in [0, 0.1) is 6.92 Å². The summed E-state index contributed by atoms with van der Waals surface area (Å²) < 4.78 is 0. The molecule has 0 aromatic carbocycles. The summed E-state index contributed by atoms with van der Waals surface area (Å²) in [6.45, 7) is 9.48. The number of aliphatic imine (C=N–C) groups is 1. The van der Waals surface area contributed by atoms with Crippen molar-refractivity contribution in [2.45, 2.75) is 20.3 Å². The highest BCUT2D eigenvalue weighted by molar-refractivity contribution is 14.0. The third-order valence-corrected chi connectivity index (χ3v) is 4.53. The summed E-state index contributed by atoms with van der Waals surface area (Å²) >= 11 is 0. The lowest BCUT2D eigenvalue weighted by Crippen LogP contribution is -2.53. The van der Waals surface area contributed by atoms with Gasteiger partial charge in [-0.05, 0) is 43.5 Å². The van der Waals surface area contributed by atoms with E-state index in [4.69, 9.17) is 4.99 Å². The topological polar surface area (TPSA) is 69.5 Å². The van der Waals surface area contributed by atoms with Crippen LogP contribution in [0.25, 0.3) is 0 Å². The highest BCUT2D eigenvalue weighted by Gasteiger charge is 2.20. The standard InChI is InChI=1S/C19H27N7.HI/c1-3-21-18(24-10-6-17-5-9-20-15-16(17)2)25-11-13-26(14-12-25)19-22-7-4-8-23-19;/h4-5,7-9,15H,3,6,10-14H2,1-2H3,(H,21,24);1H. The molecule has 0 amide bonds. The Balaban J connectivity index is 0.00000261. The molecule has 1 fully saturated rings. The highest BCUT2D eigenvalue weighted by Crippen LogP contribution is 2.10. The maximum Gasteiger partial charge on any atom is 0.225 e. The molecule has 1 saturated heterocycles. The number of anilines is 1. The first-order valence-electron chi connectivity index (χ1n) is 9.22. The number of guanidine groups is 1. The Kier molecular flexibility index (Phi) is 8.70. The maximum absolute atomic E-state index is 4.83. The Morgan fingerprint density at radius 1 is 1.15 bits per heavy atom. The van der Waals surface area contributed by atoms with Gasteiger partial charge in [0.25, 0.3) is 0 Å². The van der Waals surface area contributed by atoms with Crippen LogP contribution >= 0.6 is 24.0 Å². The summed E-state index contributed by atoms with van der Waals surface area (Å²) in [7, 11) is 0. The molecule has 3 heterocycles. The van der Waals surface area contributed by atoms with Crippen molar-refractivity contribution in [2.75, 3.05) is 44.2 Å². The number of hydrogen-bond donors (Lipinski definition) is 1. The molecular weight excluding hydrogens is 453 g/mol. The van der Waals surface area contributed by atoms with Crippen LogP contribution in [0.3, 0.4) is 0 Å². The van der Waals surface area contributed by atoms with Gasteiger partial charge in [0, 0.05) is 64.1 Å². The van der Waals surface area contributed by atoms with E-state index in [-0.39, 0.29) is 24.0 Å². The molecule has 1 N–H and O–H groups in total. The van der Waals surface area contributed by atoms with E-state index in [1.54, 1.807) is 12.4 Å². The Morgan fingerprint density at radius 3 is 2.56 bits per heavy atom. The predicted molar refractivity (Wildman–Crippen MR) is 120 cm³/mol. The van der Waals surface area contributed by atoms with Gasteiger partial charge in [-0.25, -0.2) is 9.97 Å². The van der Waals surface area contributed by atoms with Crippen LogP contribution in [-0.2, 0) is 6.42 Å². The van der Waals surface area contributed by atoms with E-state index in [1.165, 1.54) is 11.1 Å². The normalized spacial score (nSPS) is 14.7. The lowest BCUT2D eigenvalue weighted by atomic mass is 10.1. The van der Waals surface area contributed by atoms with E-state index in [2.05, 4.69) is 50.0 Å². The van der Waals surface area contributed by atoms with Crippen molar-refractivity contribution in [1.82, 2.24) is 25.2 Å². The molecule has 0 atom stereocenters. The Morgan fingerprint density at radius 2 is 1.89 bits per heavy atom. The molecule has 0 radical (unpaired) electrons. The van der Waals surface area contributed by atoms with E-state index < -0.39 is 0 Å². The molecule has 7 nitrogen and oxygen atoms in total. The molecule has 27 heavy (non-hydrogen) atoms. The van der Waals surface area contributed by atoms with Crippen molar-refractivity contribution in [1.29, 1.82) is 0 Å². The summed E-state index contributed by atoms with van der Waals surface area (Å²) in [6, 6.07) is 3.93. The summed E-state index contributed by atoms with van der Waals surface area (Å²) in [5.41, 5.74) is 2.54. The Labute approximate surface area is 178 Å². The molecule has 0 unspecified atom stereocenters. The number of nitrogens with one attached hydrogen (secondary N) is 1. The van der Waals surface area contributed by atoms with Gasteiger partial charge in [0.2, 0.25) is 5.95 Å². The third kappa shape index (κ3) is 6.02. The molecule has 0 aliphatic carbocycles. The van der Waals surface area contributed by atoms with Crippen LogP contribution in [0.4, 0.5) is 5.95 Å². The van der Waals surface area contributed by atoms with E-state index in [1.807, 2.05) is 18.5 Å². The molecule has 1 aliphatic heterocycles. The average molecular weight is 481 g/mol. The van der Waals surface area contributed by atoms with E-state index in [9.17, 15) is 0 Å². The zero-order valence-electron chi connectivity index (χ0n) is 16.0. The second-order valence-corrected chi connectivity index (χ2v) is 6.31. The van der Waals surface area contributed by atoms with Gasteiger partial charge in [-0.3, -0.25) is 9.98 Å². The van der Waals surface area contributed by atoms with Crippen LogP contribution < -0.4 is 10.2 Å². The van der Waals surface area contributed by atoms with Crippen LogP contribution in [0.5, 0.6) is 0 Å². The lowest BCUT2D eigenvalue weighted by molar-refractivity contribution is 0.370. The number of rotatable bonds is 5. The predicted octanol–water partition coefficient (Wildman–Crippen LogP) is 2.13. The first-order chi connectivity index (χ1) is 12.8. The number of aryl methyl sites for hydroxylation is 1. The average Bonchev–Trinajstić information content (AvgIpc) is 2.69. The van der Waals surface area contributed by atoms with Gasteiger partial charge in [0.1, 0.15) is 0 Å². The second-order valence-electron chi connectivity index (χ2n) is 6.31. The van der Waals surface area contributed by atoms with Crippen molar-refractivity contribution >= 4 is 35.9 Å². The number of halogens is 1. The van der Waals surface area contributed by atoms with Gasteiger partial charge < -0.3 is 15.1 Å². The van der Waals surface area contributed by atoms with E-state index in [0.29, 0.717) is 0 Å². The third-order valence-electron chi connectivity index (χ3n) is 4.53. The molecule has 2 aromatic heterocycles. The Bertz CT molecular complexity index is 715. The number of nitrogens with zero attached hydrogens (tertiary/aromatic N) is 6. The van der Waals surface area contributed by atoms with Gasteiger partial charge in [-0.1, -0.05) is 0 Å². The van der Waals surface area contributed by atoms with Crippen LogP contribution in [0.15, 0.2) is 41.9 Å². The van der Waals surface area contributed by atoms with Gasteiger partial charge in [0.15, 0.2) is 5.96 Å². The zero-order chi connectivity index (χ0) is 18.2. The Hall–Kier alpha value is -1.97. The molecule has 2 aromatic rings. The van der Waals surface area contributed by atoms with Gasteiger partial charge in [-0.2, -0.15) is 0 Å². The fourth-order valence-electron chi connectivity index (χ4n) is 3.06. The van der Waals surface area contributed by atoms with Gasteiger partial charge >= 0.3 is 0 Å². The van der Waals surface area contributed by atoms with Crippen molar-refractivity contribution in [3.8, 4) is 0 Å². The highest BCUT2D eigenvalue weighted by atomic mass is 127. The summed E-state index contributed by atoms with van der Waals surface area (Å²) in [6.07, 6.45) is 8.28. The van der Waals surface area contributed by atoms with Crippen LogP contribution in [0.2, 0.25) is 0 Å². The number of aromatic nitrogens is 3. The SMILES string of the molecule is CCNC(=NCCc1ccncc1C)N1CCN(c2ncccn2)CC1.I.